The topological polar surface area (TPSA) is 203 Å². The van der Waals surface area contributed by atoms with Crippen LogP contribution in [0.15, 0.2) is 48.7 Å². The van der Waals surface area contributed by atoms with Gasteiger partial charge in [-0.2, -0.15) is 5.26 Å². The average Bonchev–Trinajstić information content (AvgIpc) is 3.91. The molecule has 3 aliphatic heterocycles. The molecule has 0 aliphatic carbocycles. The lowest BCUT2D eigenvalue weighted by Gasteiger charge is -2.22. The van der Waals surface area contributed by atoms with Gasteiger partial charge in [0.2, 0.25) is 23.6 Å². The monoisotopic (exact) mass is 717 g/mol. The van der Waals surface area contributed by atoms with Crippen molar-refractivity contribution in [2.24, 2.45) is 5.92 Å². The van der Waals surface area contributed by atoms with Gasteiger partial charge >= 0.3 is 5.97 Å². The molecule has 4 N–H and O–H groups in total. The zero-order chi connectivity index (χ0) is 37.0. The number of nitrogens with one attached hydrogen (secondary N) is 3. The van der Waals surface area contributed by atoms with Gasteiger partial charge in [-0.3, -0.25) is 24.0 Å². The van der Waals surface area contributed by atoms with Crippen LogP contribution in [0.1, 0.15) is 48.8 Å². The van der Waals surface area contributed by atoms with Gasteiger partial charge in [-0.15, -0.1) is 5.10 Å². The highest BCUT2D eigenvalue weighted by molar-refractivity contribution is 5.94. The van der Waals surface area contributed by atoms with E-state index < -0.39 is 54.7 Å². The van der Waals surface area contributed by atoms with E-state index in [1.54, 1.807) is 15.7 Å². The van der Waals surface area contributed by atoms with Gasteiger partial charge in [0, 0.05) is 62.6 Å². The smallest absolute Gasteiger partial charge is 0.303 e. The number of benzene rings is 2. The molecule has 52 heavy (non-hydrogen) atoms. The summed E-state index contributed by atoms with van der Waals surface area (Å²) in [4.78, 5) is 63.8. The van der Waals surface area contributed by atoms with Gasteiger partial charge in [0.1, 0.15) is 17.8 Å². The number of nitrogens with zero attached hydrogens (tertiary/aromatic N) is 6. The van der Waals surface area contributed by atoms with Crippen molar-refractivity contribution in [3.8, 4) is 17.3 Å². The number of fused-ring (bicyclic) bond motifs is 1. The van der Waals surface area contributed by atoms with Crippen LogP contribution >= 0.6 is 0 Å². The van der Waals surface area contributed by atoms with E-state index in [-0.39, 0.29) is 37.5 Å². The van der Waals surface area contributed by atoms with Crippen molar-refractivity contribution in [1.82, 2.24) is 35.4 Å². The predicted molar refractivity (Wildman–Crippen MR) is 179 cm³/mol. The molecule has 2 fully saturated rings. The quantitative estimate of drug-likeness (QED) is 0.189. The fourth-order valence-corrected chi connectivity index (χ4v) is 6.76. The Morgan fingerprint density at radius 1 is 1.08 bits per heavy atom. The molecule has 15 nitrogen and oxygen atoms in total. The Bertz CT molecular complexity index is 1910. The van der Waals surface area contributed by atoms with Crippen molar-refractivity contribution in [3.05, 3.63) is 65.4 Å². The van der Waals surface area contributed by atoms with Crippen molar-refractivity contribution >= 4 is 35.3 Å². The maximum absolute atomic E-state index is 13.9. The van der Waals surface area contributed by atoms with E-state index in [0.29, 0.717) is 38.4 Å². The second kappa shape index (κ2) is 15.1. The minimum absolute atomic E-state index is 0.0131. The molecule has 6 rings (SSSR count). The van der Waals surface area contributed by atoms with E-state index in [2.05, 4.69) is 26.3 Å². The first-order chi connectivity index (χ1) is 24.9. The predicted octanol–water partition coefficient (Wildman–Crippen LogP) is 1.88. The summed E-state index contributed by atoms with van der Waals surface area (Å²) in [5, 5.41) is 34.9. The Hall–Kier alpha value is -5.92. The van der Waals surface area contributed by atoms with E-state index in [1.165, 1.54) is 0 Å². The number of aliphatic carboxylic acids is 1. The number of anilines is 1. The van der Waals surface area contributed by atoms with Crippen LogP contribution in [0.2, 0.25) is 0 Å². The van der Waals surface area contributed by atoms with Crippen LogP contribution in [0.25, 0.3) is 11.3 Å². The normalized spacial score (nSPS) is 20.2. The molecule has 4 heterocycles. The number of likely N-dealkylation sites (tertiary alicyclic amines) is 1. The molecule has 1 aromatic heterocycles. The molecule has 3 atom stereocenters. The van der Waals surface area contributed by atoms with Crippen molar-refractivity contribution in [1.29, 1.82) is 5.26 Å². The number of amides is 4. The molecule has 2 aromatic carbocycles. The molecule has 17 heteroatoms. The van der Waals surface area contributed by atoms with Gasteiger partial charge in [0.05, 0.1) is 31.8 Å². The van der Waals surface area contributed by atoms with Crippen molar-refractivity contribution in [2.45, 2.75) is 69.7 Å². The van der Waals surface area contributed by atoms with Gasteiger partial charge in [0.15, 0.2) is 0 Å². The maximum Gasteiger partial charge on any atom is 0.303 e. The zero-order valence-corrected chi connectivity index (χ0v) is 28.1. The van der Waals surface area contributed by atoms with Crippen LogP contribution in [-0.2, 0) is 43.6 Å². The van der Waals surface area contributed by atoms with E-state index in [4.69, 9.17) is 5.11 Å². The number of carboxylic acids is 1. The fraction of sp³-hybridized carbons (Fsp3) is 0.429. The number of rotatable bonds is 13. The third kappa shape index (κ3) is 8.33. The molecule has 0 saturated carbocycles. The molecular formula is C35H37F2N9O6. The average molecular weight is 718 g/mol. The van der Waals surface area contributed by atoms with Gasteiger partial charge in [-0.05, 0) is 35.2 Å². The molecule has 0 unspecified atom stereocenters. The van der Waals surface area contributed by atoms with Crippen molar-refractivity contribution in [3.63, 3.8) is 0 Å². The standard InChI is InChI=1S/C35H37F2N9O6/c36-35(37)14-26(15-38)46(20-35)34(52)28-12-24(33(51)41-28)13-31(48)44-16-22-2-1-3-23(27(22)18-44)17-45-19-29(42-43-45)21-4-6-25(7-5-21)39-10-11-40-30(47)8-9-32(49)50/h1-7,19,24,26,28,39H,8-14,16-18,20H2,(H,40,47)(H,41,51)(H,49,50)/t24-,26-,28-/m0/s1. The number of nitriles is 1. The third-order valence-electron chi connectivity index (χ3n) is 9.46. The molecule has 4 amide bonds. The van der Waals surface area contributed by atoms with Gasteiger partial charge < -0.3 is 30.9 Å². The zero-order valence-electron chi connectivity index (χ0n) is 28.1. The second-order valence-corrected chi connectivity index (χ2v) is 13.2. The minimum atomic E-state index is -3.17. The summed E-state index contributed by atoms with van der Waals surface area (Å²) in [7, 11) is 0. The van der Waals surface area contributed by atoms with Crippen molar-refractivity contribution in [2.75, 3.05) is 25.0 Å². The summed E-state index contributed by atoms with van der Waals surface area (Å²) in [6, 6.07) is 12.8. The van der Waals surface area contributed by atoms with Crippen LogP contribution in [0, 0.1) is 17.2 Å². The Morgan fingerprint density at radius 3 is 2.62 bits per heavy atom. The highest BCUT2D eigenvalue weighted by atomic mass is 19.3. The lowest BCUT2D eigenvalue weighted by atomic mass is 9.99. The second-order valence-electron chi connectivity index (χ2n) is 13.2. The number of carbonyl (C=O) groups is 5. The number of alkyl halides is 2. The van der Waals surface area contributed by atoms with Crippen molar-refractivity contribution < 1.29 is 37.9 Å². The first-order valence-electron chi connectivity index (χ1n) is 16.9. The molecular weight excluding hydrogens is 680 g/mol. The summed E-state index contributed by atoms with van der Waals surface area (Å²) in [6.45, 7) is 1.03. The highest BCUT2D eigenvalue weighted by Crippen LogP contribution is 2.34. The lowest BCUT2D eigenvalue weighted by Crippen LogP contribution is -2.46. The minimum Gasteiger partial charge on any atom is -0.481 e. The lowest BCUT2D eigenvalue weighted by molar-refractivity contribution is -0.138. The molecule has 0 radical (unpaired) electrons. The van der Waals surface area contributed by atoms with Gasteiger partial charge in [0.25, 0.3) is 5.92 Å². The van der Waals surface area contributed by atoms with E-state index in [0.717, 1.165) is 32.8 Å². The fourth-order valence-electron chi connectivity index (χ4n) is 6.76. The summed E-state index contributed by atoms with van der Waals surface area (Å²) < 4.78 is 29.5. The summed E-state index contributed by atoms with van der Waals surface area (Å²) in [5.74, 6) is -6.79. The van der Waals surface area contributed by atoms with Crippen LogP contribution in [0.5, 0.6) is 0 Å². The number of carbonyl (C=O) groups excluding carboxylic acids is 4. The van der Waals surface area contributed by atoms with Gasteiger partial charge in [-0.1, -0.05) is 35.5 Å². The third-order valence-corrected chi connectivity index (χ3v) is 9.46. The van der Waals surface area contributed by atoms with E-state index >= 15 is 0 Å². The SMILES string of the molecule is N#C[C@@H]1CC(F)(F)CN1C(=O)[C@@H]1C[C@@H](CC(=O)N2Cc3cccc(Cn4cc(-c5ccc(NCCNC(=O)CCC(=O)O)cc5)nn4)c3C2)C(=O)N1. The molecule has 272 valence electrons. The van der Waals surface area contributed by atoms with Crippen LogP contribution in [0.4, 0.5) is 14.5 Å². The number of carboxylic acid groups (broad SMARTS) is 1. The van der Waals surface area contributed by atoms with Crippen LogP contribution in [-0.4, -0.2) is 97.1 Å². The van der Waals surface area contributed by atoms with Gasteiger partial charge in [-0.25, -0.2) is 13.5 Å². The van der Waals surface area contributed by atoms with Crippen LogP contribution < -0.4 is 16.0 Å². The summed E-state index contributed by atoms with van der Waals surface area (Å²) in [6.07, 6.45) is 0.658. The highest BCUT2D eigenvalue weighted by Gasteiger charge is 2.50. The Labute approximate surface area is 296 Å². The Morgan fingerprint density at radius 2 is 1.87 bits per heavy atom. The largest absolute Gasteiger partial charge is 0.481 e. The number of halogens is 2. The number of hydrogen-bond donors (Lipinski definition) is 4. The Kier molecular flexibility index (Phi) is 10.4. The molecule has 2 saturated heterocycles. The molecule has 0 spiro atoms. The van der Waals surface area contributed by atoms with E-state index in [9.17, 15) is 38.0 Å². The Balaban J connectivity index is 0.996. The molecule has 3 aliphatic rings. The maximum atomic E-state index is 13.9. The number of hydrogen-bond acceptors (Lipinski definition) is 9. The first-order valence-corrected chi connectivity index (χ1v) is 16.9. The molecule has 3 aromatic rings. The summed E-state index contributed by atoms with van der Waals surface area (Å²) in [5.41, 5.74) is 5.24. The van der Waals surface area contributed by atoms with E-state index in [1.807, 2.05) is 48.7 Å². The van der Waals surface area contributed by atoms with Crippen LogP contribution in [0.3, 0.4) is 0 Å². The number of aromatic nitrogens is 3. The molecule has 0 bridgehead atoms. The first kappa shape index (κ1) is 35.9. The summed E-state index contributed by atoms with van der Waals surface area (Å²) >= 11 is 0.